The lowest BCUT2D eigenvalue weighted by Gasteiger charge is -2.15. The second-order valence-electron chi connectivity index (χ2n) is 7.10. The molecule has 3 aromatic rings. The number of anilines is 1. The minimum Gasteiger partial charge on any atom is -0.321 e. The largest absolute Gasteiger partial charge is 0.321 e. The molecule has 0 heterocycles. The average Bonchev–Trinajstić information content (AvgIpc) is 2.83. The van der Waals surface area contributed by atoms with Crippen LogP contribution in [-0.2, 0) is 17.6 Å². The van der Waals surface area contributed by atoms with Crippen LogP contribution in [0.3, 0.4) is 0 Å². The summed E-state index contributed by atoms with van der Waals surface area (Å²) in [6.45, 7) is 4.07. The molecule has 0 bridgehead atoms. The lowest BCUT2D eigenvalue weighted by molar-refractivity contribution is -0.112. The molecule has 0 aliphatic heterocycles. The number of aryl methyl sites for hydroxylation is 2. The van der Waals surface area contributed by atoms with E-state index in [1.165, 1.54) is 0 Å². The molecule has 0 saturated heterocycles. The Morgan fingerprint density at radius 1 is 0.871 bits per heavy atom. The minimum atomic E-state index is -0.450. The number of amides is 1. The van der Waals surface area contributed by atoms with E-state index in [9.17, 15) is 9.59 Å². The van der Waals surface area contributed by atoms with Crippen LogP contribution in [0.25, 0.3) is 6.08 Å². The van der Waals surface area contributed by atoms with Gasteiger partial charge in [-0.3, -0.25) is 9.59 Å². The van der Waals surface area contributed by atoms with Gasteiger partial charge in [-0.2, -0.15) is 5.26 Å². The number of Topliss-reactive ketones (excluding diaryl/α,β-unsaturated/α-hetero) is 1. The number of carbonyl (C=O) groups excluding carboxylic acids is 2. The van der Waals surface area contributed by atoms with E-state index in [2.05, 4.69) is 11.4 Å². The molecule has 0 fully saturated rings. The van der Waals surface area contributed by atoms with E-state index in [0.717, 1.165) is 29.7 Å². The van der Waals surface area contributed by atoms with E-state index in [0.29, 0.717) is 16.7 Å². The van der Waals surface area contributed by atoms with Crippen molar-refractivity contribution in [1.29, 1.82) is 5.26 Å². The Morgan fingerprint density at radius 3 is 2.03 bits per heavy atom. The van der Waals surface area contributed by atoms with Crippen LogP contribution in [0.1, 0.15) is 46.5 Å². The number of nitriles is 1. The molecular formula is C27H24N2O2. The molecule has 0 aliphatic carbocycles. The van der Waals surface area contributed by atoms with Crippen molar-refractivity contribution in [3.8, 4) is 6.07 Å². The number of rotatable bonds is 7. The maximum Gasteiger partial charge on any atom is 0.259 e. The summed E-state index contributed by atoms with van der Waals surface area (Å²) in [4.78, 5) is 26.6. The van der Waals surface area contributed by atoms with Crippen molar-refractivity contribution in [3.05, 3.63) is 106 Å². The fraction of sp³-hybridized carbons (Fsp3) is 0.148. The number of hydrogen-bond acceptors (Lipinski definition) is 3. The van der Waals surface area contributed by atoms with Crippen molar-refractivity contribution in [2.75, 3.05) is 5.32 Å². The van der Waals surface area contributed by atoms with Crippen molar-refractivity contribution in [2.45, 2.75) is 26.7 Å². The van der Waals surface area contributed by atoms with Crippen molar-refractivity contribution in [1.82, 2.24) is 0 Å². The van der Waals surface area contributed by atoms with Crippen LogP contribution in [0.15, 0.2) is 78.4 Å². The van der Waals surface area contributed by atoms with E-state index in [1.807, 2.05) is 38.1 Å². The first-order chi connectivity index (χ1) is 15.1. The molecule has 4 nitrogen and oxygen atoms in total. The fourth-order valence-electron chi connectivity index (χ4n) is 3.38. The molecule has 0 saturated carbocycles. The maximum absolute atomic E-state index is 13.3. The number of nitrogens with zero attached hydrogens (tertiary/aromatic N) is 1. The van der Waals surface area contributed by atoms with E-state index in [-0.39, 0.29) is 11.4 Å². The van der Waals surface area contributed by atoms with Gasteiger partial charge in [0.15, 0.2) is 5.78 Å². The van der Waals surface area contributed by atoms with Gasteiger partial charge in [0.25, 0.3) is 5.91 Å². The van der Waals surface area contributed by atoms with Crippen LogP contribution in [0.4, 0.5) is 5.69 Å². The first-order valence-corrected chi connectivity index (χ1v) is 10.3. The first-order valence-electron chi connectivity index (χ1n) is 10.3. The van der Waals surface area contributed by atoms with E-state index in [4.69, 9.17) is 5.26 Å². The highest BCUT2D eigenvalue weighted by atomic mass is 16.2. The number of para-hydroxylation sites is 1. The molecule has 0 radical (unpaired) electrons. The van der Waals surface area contributed by atoms with Gasteiger partial charge in [0.05, 0.1) is 17.2 Å². The molecule has 3 rings (SSSR count). The zero-order valence-corrected chi connectivity index (χ0v) is 17.7. The van der Waals surface area contributed by atoms with Gasteiger partial charge in [0.2, 0.25) is 0 Å². The maximum atomic E-state index is 13.3. The number of nitrogens with one attached hydrogen (secondary N) is 1. The second-order valence-corrected chi connectivity index (χ2v) is 7.10. The fourth-order valence-corrected chi connectivity index (χ4v) is 3.38. The zero-order chi connectivity index (χ0) is 22.2. The van der Waals surface area contributed by atoms with Gasteiger partial charge in [0.1, 0.15) is 0 Å². The Morgan fingerprint density at radius 2 is 1.48 bits per heavy atom. The highest BCUT2D eigenvalue weighted by molar-refractivity contribution is 6.31. The van der Waals surface area contributed by atoms with Crippen molar-refractivity contribution < 1.29 is 9.59 Å². The zero-order valence-electron chi connectivity index (χ0n) is 17.7. The molecule has 0 unspecified atom stereocenters. The van der Waals surface area contributed by atoms with Gasteiger partial charge in [-0.15, -0.1) is 0 Å². The van der Waals surface area contributed by atoms with Crippen LogP contribution in [0.2, 0.25) is 0 Å². The highest BCUT2D eigenvalue weighted by Crippen LogP contribution is 2.24. The Labute approximate surface area is 182 Å². The van der Waals surface area contributed by atoms with Crippen molar-refractivity contribution in [3.63, 3.8) is 0 Å². The minimum absolute atomic E-state index is 0.0452. The van der Waals surface area contributed by atoms with Crippen LogP contribution >= 0.6 is 0 Å². The van der Waals surface area contributed by atoms with Crippen LogP contribution in [0, 0.1) is 11.3 Å². The predicted octanol–water partition coefficient (Wildman–Crippen LogP) is 5.59. The monoisotopic (exact) mass is 408 g/mol. The third kappa shape index (κ3) is 5.15. The lowest BCUT2D eigenvalue weighted by atomic mass is 9.98. The van der Waals surface area contributed by atoms with Crippen LogP contribution < -0.4 is 5.32 Å². The molecule has 4 heteroatoms. The quantitative estimate of drug-likeness (QED) is 0.240. The third-order valence-electron chi connectivity index (χ3n) is 5.11. The van der Waals surface area contributed by atoms with Crippen LogP contribution in [0.5, 0.6) is 0 Å². The summed E-state index contributed by atoms with van der Waals surface area (Å²) >= 11 is 0. The van der Waals surface area contributed by atoms with Gasteiger partial charge in [0, 0.05) is 11.3 Å². The highest BCUT2D eigenvalue weighted by Gasteiger charge is 2.21. The summed E-state index contributed by atoms with van der Waals surface area (Å²) in [6.07, 6.45) is 3.11. The first kappa shape index (κ1) is 21.7. The van der Waals surface area contributed by atoms with Gasteiger partial charge >= 0.3 is 0 Å². The van der Waals surface area contributed by atoms with Crippen molar-refractivity contribution in [2.24, 2.45) is 0 Å². The van der Waals surface area contributed by atoms with Crippen molar-refractivity contribution >= 4 is 23.5 Å². The van der Waals surface area contributed by atoms with E-state index < -0.39 is 5.91 Å². The number of benzene rings is 3. The van der Waals surface area contributed by atoms with E-state index in [1.54, 1.807) is 54.6 Å². The third-order valence-corrected chi connectivity index (χ3v) is 5.11. The molecule has 154 valence electrons. The molecule has 1 amide bonds. The Bertz CT molecular complexity index is 1130. The molecular weight excluding hydrogens is 384 g/mol. The van der Waals surface area contributed by atoms with Gasteiger partial charge < -0.3 is 5.32 Å². The molecule has 3 aromatic carbocycles. The SMILES string of the molecule is CCc1cccc(CC)c1NC(=O)/C(=C/c1ccc(C#N)cc1)C(=O)c1ccccc1. The molecule has 0 aliphatic rings. The normalized spacial score (nSPS) is 10.9. The lowest BCUT2D eigenvalue weighted by Crippen LogP contribution is -2.22. The number of hydrogen-bond donors (Lipinski definition) is 1. The summed E-state index contributed by atoms with van der Waals surface area (Å²) in [5.74, 6) is -0.802. The Hall–Kier alpha value is -3.97. The summed E-state index contributed by atoms with van der Waals surface area (Å²) < 4.78 is 0. The molecule has 0 spiro atoms. The average molecular weight is 409 g/mol. The molecule has 1 N–H and O–H groups in total. The van der Waals surface area contributed by atoms with Gasteiger partial charge in [-0.25, -0.2) is 0 Å². The predicted molar refractivity (Wildman–Crippen MR) is 124 cm³/mol. The van der Waals surface area contributed by atoms with Gasteiger partial charge in [-0.05, 0) is 47.7 Å². The number of ketones is 1. The van der Waals surface area contributed by atoms with Crippen LogP contribution in [-0.4, -0.2) is 11.7 Å². The topological polar surface area (TPSA) is 70.0 Å². The molecule has 0 atom stereocenters. The second kappa shape index (κ2) is 10.2. The smallest absolute Gasteiger partial charge is 0.259 e. The summed E-state index contributed by atoms with van der Waals surface area (Å²) in [6, 6.07) is 23.5. The van der Waals surface area contributed by atoms with Gasteiger partial charge in [-0.1, -0.05) is 74.5 Å². The standard InChI is InChI=1S/C27H24N2O2/c1-3-21-11-8-12-22(4-2)25(21)29-27(31)24(26(30)23-9-6-5-7-10-23)17-19-13-15-20(18-28)16-14-19/h5-17H,3-4H2,1-2H3,(H,29,31)/b24-17+. The molecule has 0 aromatic heterocycles. The molecule has 31 heavy (non-hydrogen) atoms. The van der Waals surface area contributed by atoms with E-state index >= 15 is 0 Å². The Kier molecular flexibility index (Phi) is 7.13. The number of carbonyl (C=O) groups is 2. The summed E-state index contributed by atoms with van der Waals surface area (Å²) in [7, 11) is 0. The Balaban J connectivity index is 2.04. The summed E-state index contributed by atoms with van der Waals surface area (Å²) in [5.41, 5.74) is 4.50. The summed E-state index contributed by atoms with van der Waals surface area (Å²) in [5, 5.41) is 12.0.